The van der Waals surface area contributed by atoms with E-state index < -0.39 is 21.5 Å². The SMILES string of the molecule is O=C(O)CC1(NS(=O)(=O)c2cccc(Cl)c2Cl)CCCC1. The molecule has 5 nitrogen and oxygen atoms in total. The highest BCUT2D eigenvalue weighted by Crippen LogP contribution is 2.36. The lowest BCUT2D eigenvalue weighted by molar-refractivity contribution is -0.138. The molecule has 1 aromatic carbocycles. The first-order valence-corrected chi connectivity index (χ1v) is 8.69. The van der Waals surface area contributed by atoms with Crippen LogP contribution in [0.25, 0.3) is 0 Å². The standard InChI is InChI=1S/C13H15Cl2NO4S/c14-9-4-3-5-10(12(9)15)21(19,20)16-13(8-11(17)18)6-1-2-7-13/h3-5,16H,1-2,6-8H2,(H,17,18). The smallest absolute Gasteiger partial charge is 0.305 e. The predicted molar refractivity (Wildman–Crippen MR) is 80.2 cm³/mol. The van der Waals surface area contributed by atoms with Gasteiger partial charge < -0.3 is 5.11 Å². The van der Waals surface area contributed by atoms with E-state index >= 15 is 0 Å². The van der Waals surface area contributed by atoms with Crippen LogP contribution in [0, 0.1) is 0 Å². The van der Waals surface area contributed by atoms with Crippen LogP contribution in [0.5, 0.6) is 0 Å². The monoisotopic (exact) mass is 351 g/mol. The Morgan fingerprint density at radius 3 is 2.48 bits per heavy atom. The summed E-state index contributed by atoms with van der Waals surface area (Å²) in [6.07, 6.45) is 2.33. The predicted octanol–water partition coefficient (Wildman–Crippen LogP) is 3.06. The molecule has 0 radical (unpaired) electrons. The zero-order chi connectivity index (χ0) is 15.7. The number of hydrogen-bond donors (Lipinski definition) is 2. The van der Waals surface area contributed by atoms with Gasteiger partial charge in [-0.15, -0.1) is 0 Å². The third kappa shape index (κ3) is 3.69. The van der Waals surface area contributed by atoms with Gasteiger partial charge in [0.2, 0.25) is 10.0 Å². The van der Waals surface area contributed by atoms with Crippen molar-refractivity contribution in [3.8, 4) is 0 Å². The van der Waals surface area contributed by atoms with E-state index in [0.29, 0.717) is 12.8 Å². The molecule has 1 saturated carbocycles. The molecule has 0 atom stereocenters. The van der Waals surface area contributed by atoms with Crippen molar-refractivity contribution in [1.82, 2.24) is 4.72 Å². The van der Waals surface area contributed by atoms with Gasteiger partial charge in [-0.05, 0) is 25.0 Å². The van der Waals surface area contributed by atoms with Crippen LogP contribution in [0.15, 0.2) is 23.1 Å². The molecule has 8 heteroatoms. The average molecular weight is 352 g/mol. The van der Waals surface area contributed by atoms with Gasteiger partial charge in [-0.25, -0.2) is 13.1 Å². The zero-order valence-corrected chi connectivity index (χ0v) is 13.4. The minimum atomic E-state index is -3.93. The van der Waals surface area contributed by atoms with Crippen molar-refractivity contribution in [3.05, 3.63) is 28.2 Å². The molecular formula is C13H15Cl2NO4S. The first-order valence-electron chi connectivity index (χ1n) is 6.46. The van der Waals surface area contributed by atoms with Gasteiger partial charge in [0.1, 0.15) is 4.90 Å². The molecule has 2 rings (SSSR count). The molecule has 0 bridgehead atoms. The minimum absolute atomic E-state index is 0.0601. The molecule has 2 N–H and O–H groups in total. The summed E-state index contributed by atoms with van der Waals surface area (Å²) in [4.78, 5) is 10.9. The molecule has 1 fully saturated rings. The number of hydrogen-bond acceptors (Lipinski definition) is 3. The second-order valence-corrected chi connectivity index (χ2v) is 7.65. The van der Waals surface area contributed by atoms with Crippen LogP contribution in [0.3, 0.4) is 0 Å². The lowest BCUT2D eigenvalue weighted by Crippen LogP contribution is -2.47. The van der Waals surface area contributed by atoms with Crippen molar-refractivity contribution in [2.24, 2.45) is 0 Å². The highest BCUT2D eigenvalue weighted by atomic mass is 35.5. The van der Waals surface area contributed by atoms with Gasteiger partial charge in [0.05, 0.1) is 16.5 Å². The Hall–Kier alpha value is -0.820. The van der Waals surface area contributed by atoms with Crippen molar-refractivity contribution in [1.29, 1.82) is 0 Å². The molecule has 1 aromatic rings. The molecule has 1 aliphatic carbocycles. The highest BCUT2D eigenvalue weighted by molar-refractivity contribution is 7.89. The second-order valence-electron chi connectivity index (χ2n) is 5.22. The second kappa shape index (κ2) is 6.12. The molecule has 1 aliphatic rings. The van der Waals surface area contributed by atoms with Crippen LogP contribution in [-0.2, 0) is 14.8 Å². The van der Waals surface area contributed by atoms with Crippen LogP contribution in [0.2, 0.25) is 10.0 Å². The van der Waals surface area contributed by atoms with E-state index in [1.165, 1.54) is 18.2 Å². The Balaban J connectivity index is 2.35. The molecule has 0 unspecified atom stereocenters. The topological polar surface area (TPSA) is 83.5 Å². The maximum atomic E-state index is 12.5. The van der Waals surface area contributed by atoms with E-state index in [1.54, 1.807) is 0 Å². The number of benzene rings is 1. The van der Waals surface area contributed by atoms with Crippen molar-refractivity contribution < 1.29 is 18.3 Å². The summed E-state index contributed by atoms with van der Waals surface area (Å²) in [5.74, 6) is -1.03. The maximum absolute atomic E-state index is 12.5. The number of nitrogens with one attached hydrogen (secondary N) is 1. The van der Waals surface area contributed by atoms with E-state index in [9.17, 15) is 13.2 Å². The zero-order valence-electron chi connectivity index (χ0n) is 11.1. The summed E-state index contributed by atoms with van der Waals surface area (Å²) >= 11 is 11.8. The number of sulfonamides is 1. The van der Waals surface area contributed by atoms with Crippen molar-refractivity contribution >= 4 is 39.2 Å². The molecule has 116 valence electrons. The largest absolute Gasteiger partial charge is 0.481 e. The van der Waals surface area contributed by atoms with Gasteiger partial charge in [-0.1, -0.05) is 42.1 Å². The third-order valence-electron chi connectivity index (χ3n) is 3.61. The molecule has 0 aliphatic heterocycles. The molecular weight excluding hydrogens is 337 g/mol. The highest BCUT2D eigenvalue weighted by Gasteiger charge is 2.40. The molecule has 0 amide bonds. The Labute approximate surface area is 133 Å². The van der Waals surface area contributed by atoms with Crippen LogP contribution in [0.4, 0.5) is 0 Å². The van der Waals surface area contributed by atoms with E-state index in [-0.39, 0.29) is 21.4 Å². The van der Waals surface area contributed by atoms with Crippen LogP contribution >= 0.6 is 23.2 Å². The van der Waals surface area contributed by atoms with Gasteiger partial charge >= 0.3 is 5.97 Å². The van der Waals surface area contributed by atoms with Crippen molar-refractivity contribution in [3.63, 3.8) is 0 Å². The fourth-order valence-electron chi connectivity index (χ4n) is 2.69. The van der Waals surface area contributed by atoms with E-state index in [2.05, 4.69) is 4.72 Å². The number of aliphatic carboxylic acids is 1. The molecule has 21 heavy (non-hydrogen) atoms. The van der Waals surface area contributed by atoms with Crippen LogP contribution in [0.1, 0.15) is 32.1 Å². The van der Waals surface area contributed by atoms with Gasteiger partial charge in [0.15, 0.2) is 0 Å². The van der Waals surface area contributed by atoms with Crippen molar-refractivity contribution in [2.45, 2.75) is 42.5 Å². The van der Waals surface area contributed by atoms with Crippen LogP contribution in [-0.4, -0.2) is 25.0 Å². The van der Waals surface area contributed by atoms with Gasteiger partial charge in [0, 0.05) is 5.54 Å². The summed E-state index contributed by atoms with van der Waals surface area (Å²) in [7, 11) is -3.93. The molecule has 0 spiro atoms. The van der Waals surface area contributed by atoms with Gasteiger partial charge in [-0.3, -0.25) is 4.79 Å². The number of carboxylic acids is 1. The summed E-state index contributed by atoms with van der Waals surface area (Å²) < 4.78 is 27.5. The first kappa shape index (κ1) is 16.5. The van der Waals surface area contributed by atoms with E-state index in [4.69, 9.17) is 28.3 Å². The summed E-state index contributed by atoms with van der Waals surface area (Å²) in [5.41, 5.74) is -0.948. The van der Waals surface area contributed by atoms with Gasteiger partial charge in [-0.2, -0.15) is 0 Å². The molecule has 0 aromatic heterocycles. The number of carboxylic acid groups (broad SMARTS) is 1. The number of halogens is 2. The Bertz CT molecular complexity index is 654. The average Bonchev–Trinajstić information content (AvgIpc) is 2.78. The Morgan fingerprint density at radius 2 is 1.90 bits per heavy atom. The maximum Gasteiger partial charge on any atom is 0.305 e. The van der Waals surface area contributed by atoms with E-state index in [1.807, 2.05) is 0 Å². The number of carbonyl (C=O) groups is 1. The van der Waals surface area contributed by atoms with Gasteiger partial charge in [0.25, 0.3) is 0 Å². The minimum Gasteiger partial charge on any atom is -0.481 e. The fraction of sp³-hybridized carbons (Fsp3) is 0.462. The van der Waals surface area contributed by atoms with E-state index in [0.717, 1.165) is 12.8 Å². The Morgan fingerprint density at radius 1 is 1.29 bits per heavy atom. The summed E-state index contributed by atoms with van der Waals surface area (Å²) in [6.45, 7) is 0. The molecule has 0 heterocycles. The lowest BCUT2D eigenvalue weighted by atomic mass is 9.95. The molecule has 0 saturated heterocycles. The third-order valence-corrected chi connectivity index (χ3v) is 6.16. The van der Waals surface area contributed by atoms with Crippen LogP contribution < -0.4 is 4.72 Å². The normalized spacial score (nSPS) is 17.8. The summed E-state index contributed by atoms with van der Waals surface area (Å²) in [5, 5.41) is 9.10. The fourth-order valence-corrected chi connectivity index (χ4v) is 4.91. The lowest BCUT2D eigenvalue weighted by Gasteiger charge is -2.28. The number of rotatable bonds is 5. The Kier molecular flexibility index (Phi) is 4.82. The quantitative estimate of drug-likeness (QED) is 0.853. The van der Waals surface area contributed by atoms with Crippen molar-refractivity contribution in [2.75, 3.05) is 0 Å². The summed E-state index contributed by atoms with van der Waals surface area (Å²) in [6, 6.07) is 4.33. The first-order chi connectivity index (χ1) is 9.76.